The Bertz CT molecular complexity index is 1010. The van der Waals surface area contributed by atoms with Crippen molar-refractivity contribution in [3.63, 3.8) is 0 Å². The first-order chi connectivity index (χ1) is 14.0. The number of carbonyl (C=O) groups excluding carboxylic acids is 4. The zero-order chi connectivity index (χ0) is 22.6. The molecule has 0 spiro atoms. The molecule has 0 unspecified atom stereocenters. The fourth-order valence-electron chi connectivity index (χ4n) is 2.30. The first kappa shape index (κ1) is 27.2. The number of ether oxygens (including phenoxy) is 1. The molecule has 1 aliphatic heterocycles. The van der Waals surface area contributed by atoms with E-state index in [1.54, 1.807) is 0 Å². The van der Waals surface area contributed by atoms with Gasteiger partial charge >= 0.3 is 35.5 Å². The number of halogens is 1. The summed E-state index contributed by atoms with van der Waals surface area (Å²) < 4.78 is 37.7. The quantitative estimate of drug-likeness (QED) is 0.0656. The Kier molecular flexibility index (Phi) is 9.80. The molecule has 1 aliphatic rings. The monoisotopic (exact) mass is 505 g/mol. The average molecular weight is 506 g/mol. The van der Waals surface area contributed by atoms with Crippen LogP contribution in [0.2, 0.25) is 0 Å². The number of thiazole rings is 1. The predicted molar refractivity (Wildman–Crippen MR) is 99.3 cm³/mol. The van der Waals surface area contributed by atoms with Crippen LogP contribution in [0.1, 0.15) is 5.69 Å². The van der Waals surface area contributed by atoms with Crippen molar-refractivity contribution >= 4 is 67.8 Å². The number of hydrogen-bond acceptors (Lipinski definition) is 12. The SMILES string of the molecule is CON=C(C(=O)N[C@@H]1C(=O)N(S(=O)(=O)[O-])[C@@H]1C(=O)OC)c1csc(NC(=O)CCl)n1.[Na+]. The summed E-state index contributed by atoms with van der Waals surface area (Å²) in [6.45, 7) is 0. The fraction of sp³-hybridized carbons (Fsp3) is 0.385. The molecular formula is C13H13ClN5NaO9S2. The molecule has 2 atom stereocenters. The molecule has 0 aromatic carbocycles. The van der Waals surface area contributed by atoms with Crippen LogP contribution in [0, 0.1) is 0 Å². The number of oxime groups is 1. The molecule has 164 valence electrons. The minimum atomic E-state index is -5.32. The van der Waals surface area contributed by atoms with Crippen molar-refractivity contribution in [2.24, 2.45) is 5.16 Å². The van der Waals surface area contributed by atoms with E-state index in [9.17, 15) is 32.1 Å². The van der Waals surface area contributed by atoms with Gasteiger partial charge in [-0.25, -0.2) is 22.5 Å². The van der Waals surface area contributed by atoms with Gasteiger partial charge in [0.15, 0.2) is 27.2 Å². The van der Waals surface area contributed by atoms with Gasteiger partial charge < -0.3 is 24.8 Å². The van der Waals surface area contributed by atoms with Crippen LogP contribution >= 0.6 is 22.9 Å². The van der Waals surface area contributed by atoms with Gasteiger partial charge in [0.25, 0.3) is 11.8 Å². The zero-order valence-corrected chi connectivity index (χ0v) is 20.5. The number of aromatic nitrogens is 1. The Morgan fingerprint density at radius 3 is 2.55 bits per heavy atom. The van der Waals surface area contributed by atoms with E-state index in [0.29, 0.717) is 0 Å². The molecule has 2 rings (SSSR count). The van der Waals surface area contributed by atoms with E-state index >= 15 is 0 Å². The maximum atomic E-state index is 12.6. The van der Waals surface area contributed by atoms with Crippen LogP contribution < -0.4 is 40.2 Å². The summed E-state index contributed by atoms with van der Waals surface area (Å²) in [6.07, 6.45) is 0. The van der Waals surface area contributed by atoms with E-state index in [0.717, 1.165) is 25.6 Å². The second-order valence-corrected chi connectivity index (χ2v) is 7.73. The number of carbonyl (C=O) groups is 4. The molecule has 2 N–H and O–H groups in total. The first-order valence-corrected chi connectivity index (χ1v) is 10.4. The Morgan fingerprint density at radius 2 is 2.03 bits per heavy atom. The van der Waals surface area contributed by atoms with Gasteiger partial charge in [0.2, 0.25) is 5.91 Å². The van der Waals surface area contributed by atoms with Crippen molar-refractivity contribution < 1.29 is 71.3 Å². The molecule has 3 amide bonds. The van der Waals surface area contributed by atoms with Gasteiger partial charge in [-0.05, 0) is 0 Å². The summed E-state index contributed by atoms with van der Waals surface area (Å²) in [6, 6.07) is -3.59. The zero-order valence-electron chi connectivity index (χ0n) is 16.1. The number of rotatable bonds is 8. The number of alkyl halides is 1. The van der Waals surface area contributed by atoms with Gasteiger partial charge in [-0.3, -0.25) is 14.4 Å². The molecular weight excluding hydrogens is 493 g/mol. The van der Waals surface area contributed by atoms with Crippen LogP contribution in [0.5, 0.6) is 0 Å². The summed E-state index contributed by atoms with van der Waals surface area (Å²) in [5.41, 5.74) is -0.529. The van der Waals surface area contributed by atoms with Gasteiger partial charge in [-0.15, -0.1) is 22.9 Å². The fourth-order valence-corrected chi connectivity index (χ4v) is 3.90. The number of esters is 1. The van der Waals surface area contributed by atoms with Crippen molar-refractivity contribution in [2.45, 2.75) is 12.1 Å². The number of anilines is 1. The van der Waals surface area contributed by atoms with E-state index in [1.807, 2.05) is 0 Å². The molecule has 0 aliphatic carbocycles. The van der Waals surface area contributed by atoms with Crippen LogP contribution in [0.3, 0.4) is 0 Å². The topological polar surface area (TPSA) is 196 Å². The van der Waals surface area contributed by atoms with E-state index < -0.39 is 51.8 Å². The first-order valence-electron chi connectivity index (χ1n) is 7.65. The van der Waals surface area contributed by atoms with Gasteiger partial charge in [0, 0.05) is 5.38 Å². The summed E-state index contributed by atoms with van der Waals surface area (Å²) >= 11 is 6.31. The second kappa shape index (κ2) is 11.2. The minimum absolute atomic E-state index is 0. The van der Waals surface area contributed by atoms with Crippen molar-refractivity contribution in [3.8, 4) is 0 Å². The number of nitrogens with one attached hydrogen (secondary N) is 2. The summed E-state index contributed by atoms with van der Waals surface area (Å²) in [4.78, 5) is 56.2. The van der Waals surface area contributed by atoms with Crippen molar-refractivity contribution in [1.29, 1.82) is 0 Å². The van der Waals surface area contributed by atoms with Crippen molar-refractivity contribution in [2.75, 3.05) is 25.4 Å². The third-order valence-corrected chi connectivity index (χ3v) is 5.42. The third-order valence-electron chi connectivity index (χ3n) is 3.53. The van der Waals surface area contributed by atoms with Crippen LogP contribution in [0.25, 0.3) is 0 Å². The van der Waals surface area contributed by atoms with Gasteiger partial charge in [-0.2, -0.15) is 0 Å². The maximum Gasteiger partial charge on any atom is 1.00 e. The van der Waals surface area contributed by atoms with Gasteiger partial charge in [0.1, 0.15) is 24.7 Å². The van der Waals surface area contributed by atoms with Gasteiger partial charge in [0.05, 0.1) is 7.11 Å². The molecule has 31 heavy (non-hydrogen) atoms. The van der Waals surface area contributed by atoms with Crippen molar-refractivity contribution in [1.82, 2.24) is 14.6 Å². The van der Waals surface area contributed by atoms with Crippen LogP contribution in [0.4, 0.5) is 5.13 Å². The number of β-lactam (4-membered cyclic amide) rings is 1. The number of hydrogen-bond donors (Lipinski definition) is 2. The molecule has 0 radical (unpaired) electrons. The molecule has 2 heterocycles. The van der Waals surface area contributed by atoms with E-state index in [4.69, 9.17) is 11.6 Å². The maximum absolute atomic E-state index is 12.6. The smallest absolute Gasteiger partial charge is 0.731 e. The summed E-state index contributed by atoms with van der Waals surface area (Å²) in [5.74, 6) is -4.52. The molecule has 0 bridgehead atoms. The molecule has 1 fully saturated rings. The van der Waals surface area contributed by atoms with Crippen LogP contribution in [-0.2, 0) is 39.1 Å². The second-order valence-electron chi connectivity index (χ2n) is 5.35. The molecule has 0 saturated carbocycles. The molecule has 1 aromatic rings. The Hall–Kier alpha value is -1.82. The molecule has 1 aromatic heterocycles. The van der Waals surface area contributed by atoms with Crippen LogP contribution in [0.15, 0.2) is 10.5 Å². The molecule has 1 saturated heterocycles. The minimum Gasteiger partial charge on any atom is -0.731 e. The Balaban J connectivity index is 0.00000480. The number of nitrogens with zero attached hydrogens (tertiary/aromatic N) is 3. The Morgan fingerprint density at radius 1 is 1.39 bits per heavy atom. The number of amides is 3. The molecule has 18 heteroatoms. The summed E-state index contributed by atoms with van der Waals surface area (Å²) in [5, 5.41) is 9.35. The number of methoxy groups -OCH3 is 1. The van der Waals surface area contributed by atoms with E-state index in [2.05, 4.69) is 30.3 Å². The van der Waals surface area contributed by atoms with E-state index in [1.165, 1.54) is 5.38 Å². The normalized spacial score (nSPS) is 18.4. The average Bonchev–Trinajstić information content (AvgIpc) is 3.13. The third kappa shape index (κ3) is 6.12. The largest absolute Gasteiger partial charge is 1.00 e. The van der Waals surface area contributed by atoms with E-state index in [-0.39, 0.29) is 50.6 Å². The van der Waals surface area contributed by atoms with Gasteiger partial charge in [-0.1, -0.05) is 5.16 Å². The summed E-state index contributed by atoms with van der Waals surface area (Å²) in [7, 11) is -3.29. The molecule has 14 nitrogen and oxygen atoms in total. The standard InChI is InChI=1S/C13H14ClN5O9S2.Na/c1-27-12(23)9-8(11(22)19(9)30(24,25)26)17-10(21)7(18-28-2)5-4-29-13(15-5)16-6(20)3-14;/h4,8-9H,3H2,1-2H3,(H,17,21)(H,15,16,20)(H,24,25,26);/q;+1/p-1/t8-,9-;/m0./s1. The Labute approximate surface area is 206 Å². The van der Waals surface area contributed by atoms with Crippen molar-refractivity contribution in [3.05, 3.63) is 11.1 Å². The van der Waals surface area contributed by atoms with Crippen LogP contribution in [-0.4, -0.2) is 83.8 Å². The predicted octanol–water partition coefficient (Wildman–Crippen LogP) is -5.00.